The third-order valence-electron chi connectivity index (χ3n) is 2.20. The average Bonchev–Trinajstić information content (AvgIpc) is 2.31. The topological polar surface area (TPSA) is 75.6 Å². The largest absolute Gasteiger partial charge is 0.480 e. The predicted molar refractivity (Wildman–Crippen MR) is 66.6 cm³/mol. The van der Waals surface area contributed by atoms with E-state index >= 15 is 0 Å². The summed E-state index contributed by atoms with van der Waals surface area (Å²) in [6.07, 6.45) is 6.56. The molecule has 0 saturated heterocycles. The van der Waals surface area contributed by atoms with E-state index in [9.17, 15) is 4.79 Å². The first-order valence-electron chi connectivity index (χ1n) is 5.44. The van der Waals surface area contributed by atoms with Gasteiger partial charge >= 0.3 is 5.97 Å². The summed E-state index contributed by atoms with van der Waals surface area (Å²) in [5.74, 6) is 2.36. The minimum absolute atomic E-state index is 0.162. The van der Waals surface area contributed by atoms with Crippen molar-refractivity contribution >= 4 is 11.8 Å². The van der Waals surface area contributed by atoms with Crippen LogP contribution in [-0.4, -0.2) is 40.7 Å². The number of nitrogens with zero attached hydrogens (tertiary/aromatic N) is 3. The van der Waals surface area contributed by atoms with E-state index in [-0.39, 0.29) is 13.1 Å². The third-order valence-corrected chi connectivity index (χ3v) is 2.20. The number of hydrogen-bond acceptors (Lipinski definition) is 5. The highest BCUT2D eigenvalue weighted by Gasteiger charge is 2.16. The Hall–Kier alpha value is -2.29. The number of terminal acetylenes is 1. The molecule has 0 amide bonds. The maximum atomic E-state index is 10.8. The molecule has 0 fully saturated rings. The Bertz CT molecular complexity index is 468. The van der Waals surface area contributed by atoms with Crippen LogP contribution < -0.4 is 9.64 Å². The highest BCUT2D eigenvalue weighted by Crippen LogP contribution is 2.23. The van der Waals surface area contributed by atoms with Crippen LogP contribution in [0.5, 0.6) is 5.88 Å². The summed E-state index contributed by atoms with van der Waals surface area (Å²) in [5.41, 5.74) is 0.677. The molecule has 0 atom stereocenters. The molecular formula is C12H15N3O3. The molecule has 0 unspecified atom stereocenters. The lowest BCUT2D eigenvalue weighted by Gasteiger charge is -2.21. The molecule has 0 aliphatic carbocycles. The smallest absolute Gasteiger partial charge is 0.323 e. The van der Waals surface area contributed by atoms with Crippen LogP contribution in [0.25, 0.3) is 0 Å². The van der Waals surface area contributed by atoms with Crippen LogP contribution >= 0.6 is 0 Å². The molecule has 0 bridgehead atoms. The van der Waals surface area contributed by atoms with Crippen molar-refractivity contribution in [1.29, 1.82) is 0 Å². The van der Waals surface area contributed by atoms with Crippen molar-refractivity contribution in [1.82, 2.24) is 9.97 Å². The normalized spacial score (nSPS) is 9.61. The maximum absolute atomic E-state index is 10.8. The highest BCUT2D eigenvalue weighted by molar-refractivity contribution is 5.74. The first kappa shape index (κ1) is 13.8. The van der Waals surface area contributed by atoms with E-state index in [2.05, 4.69) is 15.9 Å². The number of carboxylic acid groups (broad SMARTS) is 1. The van der Waals surface area contributed by atoms with Crippen LogP contribution in [-0.2, 0) is 4.79 Å². The molecule has 1 aromatic heterocycles. The number of rotatable bonds is 6. The Morgan fingerprint density at radius 1 is 1.61 bits per heavy atom. The molecule has 0 saturated carbocycles. The van der Waals surface area contributed by atoms with E-state index in [0.29, 0.717) is 23.9 Å². The van der Waals surface area contributed by atoms with Gasteiger partial charge in [0.25, 0.3) is 0 Å². The Balaban J connectivity index is 3.08. The molecule has 1 rings (SSSR count). The molecule has 1 N–H and O–H groups in total. The summed E-state index contributed by atoms with van der Waals surface area (Å²) in [4.78, 5) is 20.3. The van der Waals surface area contributed by atoms with Gasteiger partial charge in [0.15, 0.2) is 0 Å². The number of aliphatic carboxylic acids is 1. The monoisotopic (exact) mass is 249 g/mol. The van der Waals surface area contributed by atoms with Gasteiger partial charge in [0.1, 0.15) is 18.7 Å². The molecule has 0 aliphatic heterocycles. The quantitative estimate of drug-likeness (QED) is 0.748. The molecule has 18 heavy (non-hydrogen) atoms. The van der Waals surface area contributed by atoms with Crippen LogP contribution in [0.15, 0.2) is 6.33 Å². The highest BCUT2D eigenvalue weighted by atomic mass is 16.5. The lowest BCUT2D eigenvalue weighted by Crippen LogP contribution is -2.31. The first-order chi connectivity index (χ1) is 8.60. The predicted octanol–water partition coefficient (Wildman–Crippen LogP) is 0.708. The zero-order valence-corrected chi connectivity index (χ0v) is 10.4. The lowest BCUT2D eigenvalue weighted by atomic mass is 10.3. The van der Waals surface area contributed by atoms with E-state index in [0.717, 1.165) is 0 Å². The molecule has 0 aliphatic rings. The minimum atomic E-state index is -0.971. The third kappa shape index (κ3) is 3.35. The fourth-order valence-corrected chi connectivity index (χ4v) is 1.51. The van der Waals surface area contributed by atoms with Crippen LogP contribution in [0.2, 0.25) is 0 Å². The van der Waals surface area contributed by atoms with E-state index < -0.39 is 5.97 Å². The number of hydrogen-bond donors (Lipinski definition) is 1. The molecule has 1 aromatic rings. The zero-order chi connectivity index (χ0) is 13.5. The van der Waals surface area contributed by atoms with Gasteiger partial charge < -0.3 is 14.7 Å². The average molecular weight is 249 g/mol. The van der Waals surface area contributed by atoms with Gasteiger partial charge in [0, 0.05) is 0 Å². The molecule has 6 nitrogen and oxygen atoms in total. The van der Waals surface area contributed by atoms with Gasteiger partial charge in [-0.15, -0.1) is 6.42 Å². The van der Waals surface area contributed by atoms with Crippen molar-refractivity contribution < 1.29 is 14.6 Å². The first-order valence-corrected chi connectivity index (χ1v) is 5.44. The van der Waals surface area contributed by atoms with Crippen molar-refractivity contribution in [2.45, 2.75) is 13.8 Å². The van der Waals surface area contributed by atoms with Gasteiger partial charge in [-0.25, -0.2) is 9.97 Å². The van der Waals surface area contributed by atoms with Gasteiger partial charge in [-0.3, -0.25) is 4.79 Å². The van der Waals surface area contributed by atoms with Crippen molar-refractivity contribution in [3.63, 3.8) is 0 Å². The van der Waals surface area contributed by atoms with Crippen molar-refractivity contribution in [2.75, 3.05) is 24.6 Å². The summed E-state index contributed by atoms with van der Waals surface area (Å²) >= 11 is 0. The van der Waals surface area contributed by atoms with Crippen LogP contribution in [0.1, 0.15) is 12.5 Å². The summed E-state index contributed by atoms with van der Waals surface area (Å²) < 4.78 is 5.33. The van der Waals surface area contributed by atoms with Crippen molar-refractivity contribution in [3.8, 4) is 18.2 Å². The number of ether oxygens (including phenoxy) is 1. The van der Waals surface area contributed by atoms with Gasteiger partial charge in [0.2, 0.25) is 5.88 Å². The molecule has 96 valence electrons. The number of anilines is 1. The SMILES string of the molecule is C#CCN(CC(=O)O)c1ncnc(OCC)c1C. The molecular weight excluding hydrogens is 234 g/mol. The second-order valence-electron chi connectivity index (χ2n) is 3.51. The van der Waals surface area contributed by atoms with E-state index in [1.807, 2.05) is 6.92 Å². The second kappa shape index (κ2) is 6.45. The van der Waals surface area contributed by atoms with Crippen molar-refractivity contribution in [2.24, 2.45) is 0 Å². The number of carboxylic acids is 1. The van der Waals surface area contributed by atoms with Gasteiger partial charge in [0.05, 0.1) is 18.7 Å². The Morgan fingerprint density at radius 2 is 2.33 bits per heavy atom. The second-order valence-corrected chi connectivity index (χ2v) is 3.51. The molecule has 0 aromatic carbocycles. The summed E-state index contributed by atoms with van der Waals surface area (Å²) in [6.45, 7) is 4.04. The fourth-order valence-electron chi connectivity index (χ4n) is 1.51. The minimum Gasteiger partial charge on any atom is -0.480 e. The van der Waals surface area contributed by atoms with Crippen LogP contribution in [0.3, 0.4) is 0 Å². The van der Waals surface area contributed by atoms with Crippen LogP contribution in [0, 0.1) is 19.3 Å². The molecule has 0 radical (unpaired) electrons. The fraction of sp³-hybridized carbons (Fsp3) is 0.417. The summed E-state index contributed by atoms with van der Waals surface area (Å²) in [6, 6.07) is 0. The van der Waals surface area contributed by atoms with Gasteiger partial charge in [-0.2, -0.15) is 0 Å². The van der Waals surface area contributed by atoms with E-state index in [1.165, 1.54) is 11.2 Å². The Kier molecular flexibility index (Phi) is 4.93. The number of carbonyl (C=O) groups is 1. The summed E-state index contributed by atoms with van der Waals surface area (Å²) in [7, 11) is 0. The van der Waals surface area contributed by atoms with Crippen LogP contribution in [0.4, 0.5) is 5.82 Å². The maximum Gasteiger partial charge on any atom is 0.323 e. The van der Waals surface area contributed by atoms with E-state index in [4.69, 9.17) is 16.3 Å². The standard InChI is InChI=1S/C12H15N3O3/c1-4-6-15(7-10(16)17)11-9(3)12(18-5-2)14-8-13-11/h1,8H,5-7H2,2-3H3,(H,16,17). The molecule has 0 spiro atoms. The molecule has 6 heteroatoms. The Labute approximate surface area is 106 Å². The molecule has 1 heterocycles. The lowest BCUT2D eigenvalue weighted by molar-refractivity contribution is -0.135. The zero-order valence-electron chi connectivity index (χ0n) is 10.4. The number of aromatic nitrogens is 2. The Morgan fingerprint density at radius 3 is 2.89 bits per heavy atom. The van der Waals surface area contributed by atoms with Crippen molar-refractivity contribution in [3.05, 3.63) is 11.9 Å². The van der Waals surface area contributed by atoms with E-state index in [1.54, 1.807) is 6.92 Å². The summed E-state index contributed by atoms with van der Waals surface area (Å²) in [5, 5.41) is 8.85. The van der Waals surface area contributed by atoms with Gasteiger partial charge in [-0.1, -0.05) is 5.92 Å². The van der Waals surface area contributed by atoms with Gasteiger partial charge in [-0.05, 0) is 13.8 Å².